The molecule has 2 heterocycles. The number of benzene rings is 2. The van der Waals surface area contributed by atoms with E-state index in [0.717, 1.165) is 46.3 Å². The van der Waals surface area contributed by atoms with E-state index < -0.39 is 0 Å². The zero-order chi connectivity index (χ0) is 16.5. The van der Waals surface area contributed by atoms with Crippen LogP contribution in [0.4, 0.5) is 0 Å². The molecule has 4 nitrogen and oxygen atoms in total. The molecule has 4 rings (SSSR count). The average Bonchev–Trinajstić information content (AvgIpc) is 2.92. The molecule has 0 bridgehead atoms. The lowest BCUT2D eigenvalue weighted by Gasteiger charge is -2.06. The van der Waals surface area contributed by atoms with Crippen molar-refractivity contribution in [3.8, 4) is 5.75 Å². The number of nitrogens with zero attached hydrogens (tertiary/aromatic N) is 3. The van der Waals surface area contributed by atoms with E-state index in [9.17, 15) is 0 Å². The van der Waals surface area contributed by atoms with E-state index in [1.807, 2.05) is 30.3 Å². The van der Waals surface area contributed by atoms with Crippen LogP contribution in [0, 0.1) is 0 Å². The summed E-state index contributed by atoms with van der Waals surface area (Å²) in [5, 5.41) is 1.11. The van der Waals surface area contributed by atoms with Crippen molar-refractivity contribution in [2.24, 2.45) is 0 Å². The zero-order valence-corrected chi connectivity index (χ0v) is 14.1. The van der Waals surface area contributed by atoms with Crippen LogP contribution >= 0.6 is 0 Å². The van der Waals surface area contributed by atoms with Gasteiger partial charge >= 0.3 is 0 Å². The van der Waals surface area contributed by atoms with Gasteiger partial charge in [0.15, 0.2) is 5.65 Å². The first kappa shape index (κ1) is 14.9. The monoisotopic (exact) mass is 319 g/mol. The van der Waals surface area contributed by atoms with Gasteiger partial charge in [-0.1, -0.05) is 31.9 Å². The molecule has 2 aromatic heterocycles. The van der Waals surface area contributed by atoms with Crippen molar-refractivity contribution in [1.29, 1.82) is 0 Å². The summed E-state index contributed by atoms with van der Waals surface area (Å²) in [6, 6.07) is 14.3. The number of hydrogen-bond donors (Lipinski definition) is 0. The number of rotatable bonds is 5. The Hall–Kier alpha value is -2.62. The highest BCUT2D eigenvalue weighted by molar-refractivity contribution is 6.06. The summed E-state index contributed by atoms with van der Waals surface area (Å²) in [5.74, 6) is 0.852. The summed E-state index contributed by atoms with van der Waals surface area (Å²) in [4.78, 5) is 9.80. The van der Waals surface area contributed by atoms with Crippen LogP contribution in [0.15, 0.2) is 42.5 Å². The molecule has 122 valence electrons. The minimum absolute atomic E-state index is 0.852. The van der Waals surface area contributed by atoms with Gasteiger partial charge in [-0.05, 0) is 36.8 Å². The molecular weight excluding hydrogens is 298 g/mol. The Morgan fingerprint density at radius 1 is 1.00 bits per heavy atom. The number of hydrogen-bond acceptors (Lipinski definition) is 3. The summed E-state index contributed by atoms with van der Waals surface area (Å²) < 4.78 is 7.71. The number of methoxy groups -OCH3 is 1. The van der Waals surface area contributed by atoms with Crippen LogP contribution in [0.2, 0.25) is 0 Å². The summed E-state index contributed by atoms with van der Waals surface area (Å²) in [5.41, 5.74) is 4.97. The third-order valence-corrected chi connectivity index (χ3v) is 4.54. The van der Waals surface area contributed by atoms with Gasteiger partial charge < -0.3 is 9.30 Å². The second-order valence-electron chi connectivity index (χ2n) is 6.13. The van der Waals surface area contributed by atoms with Crippen LogP contribution in [-0.2, 0) is 6.54 Å². The lowest BCUT2D eigenvalue weighted by Crippen LogP contribution is -1.99. The SMILES string of the molecule is CCCCCn1c2ccc(OC)cc2c2nc3ccccc3nc21. The van der Waals surface area contributed by atoms with Crippen molar-refractivity contribution < 1.29 is 4.74 Å². The molecule has 2 aromatic carbocycles. The van der Waals surface area contributed by atoms with Crippen molar-refractivity contribution in [2.75, 3.05) is 7.11 Å². The molecule has 4 aromatic rings. The van der Waals surface area contributed by atoms with Gasteiger partial charge in [0.1, 0.15) is 11.3 Å². The quantitative estimate of drug-likeness (QED) is 0.489. The Morgan fingerprint density at radius 3 is 2.54 bits per heavy atom. The maximum atomic E-state index is 5.41. The molecule has 0 N–H and O–H groups in total. The average molecular weight is 319 g/mol. The molecule has 4 heteroatoms. The molecule has 0 aliphatic heterocycles. The molecule has 0 saturated heterocycles. The van der Waals surface area contributed by atoms with Crippen LogP contribution < -0.4 is 4.74 Å². The fourth-order valence-electron chi connectivity index (χ4n) is 3.29. The molecule has 0 aliphatic carbocycles. The second kappa shape index (κ2) is 6.11. The normalized spacial score (nSPS) is 11.6. The number of fused-ring (bicyclic) bond motifs is 4. The largest absolute Gasteiger partial charge is 0.497 e. The fraction of sp³-hybridized carbons (Fsp3) is 0.300. The van der Waals surface area contributed by atoms with Gasteiger partial charge in [-0.2, -0.15) is 0 Å². The number of unbranched alkanes of at least 4 members (excludes halogenated alkanes) is 2. The van der Waals surface area contributed by atoms with Crippen molar-refractivity contribution >= 4 is 33.1 Å². The predicted molar refractivity (Wildman–Crippen MR) is 98.6 cm³/mol. The molecular formula is C20H21N3O. The molecule has 0 fully saturated rings. The summed E-state index contributed by atoms with van der Waals surface area (Å²) in [6.45, 7) is 3.19. The van der Waals surface area contributed by atoms with Gasteiger partial charge in [0, 0.05) is 11.9 Å². The highest BCUT2D eigenvalue weighted by Gasteiger charge is 2.15. The van der Waals surface area contributed by atoms with Gasteiger partial charge in [0.2, 0.25) is 0 Å². The fourth-order valence-corrected chi connectivity index (χ4v) is 3.29. The number of para-hydroxylation sites is 2. The van der Waals surface area contributed by atoms with Crippen molar-refractivity contribution in [3.05, 3.63) is 42.5 Å². The predicted octanol–water partition coefficient (Wildman–Crippen LogP) is 4.94. The maximum absolute atomic E-state index is 5.41. The molecule has 0 aliphatic rings. The molecule has 0 saturated carbocycles. The van der Waals surface area contributed by atoms with Crippen LogP contribution in [-0.4, -0.2) is 21.6 Å². The van der Waals surface area contributed by atoms with Crippen molar-refractivity contribution in [1.82, 2.24) is 14.5 Å². The molecule has 0 amide bonds. The van der Waals surface area contributed by atoms with E-state index in [1.165, 1.54) is 18.4 Å². The molecule has 0 atom stereocenters. The van der Waals surface area contributed by atoms with Crippen LogP contribution in [0.3, 0.4) is 0 Å². The van der Waals surface area contributed by atoms with Gasteiger partial charge in [-0.15, -0.1) is 0 Å². The summed E-state index contributed by atoms with van der Waals surface area (Å²) in [6.07, 6.45) is 3.58. The Kier molecular flexibility index (Phi) is 3.81. The van der Waals surface area contributed by atoms with Crippen LogP contribution in [0.5, 0.6) is 5.75 Å². The minimum atomic E-state index is 0.852. The zero-order valence-electron chi connectivity index (χ0n) is 14.1. The van der Waals surface area contributed by atoms with E-state index in [1.54, 1.807) is 7.11 Å². The van der Waals surface area contributed by atoms with Gasteiger partial charge in [-0.25, -0.2) is 9.97 Å². The molecule has 0 radical (unpaired) electrons. The Bertz CT molecular complexity index is 1020. The Balaban J connectivity index is 2.02. The standard InChI is InChI=1S/C20H21N3O/c1-3-4-7-12-23-18-11-10-14(24-2)13-15(18)19-20(23)22-17-9-6-5-8-16(17)21-19/h5-6,8-11,13H,3-4,7,12H2,1-2H3. The van der Waals surface area contributed by atoms with Crippen molar-refractivity contribution in [3.63, 3.8) is 0 Å². The van der Waals surface area contributed by atoms with E-state index in [0.29, 0.717) is 0 Å². The maximum Gasteiger partial charge on any atom is 0.160 e. The highest BCUT2D eigenvalue weighted by Crippen LogP contribution is 2.31. The third kappa shape index (κ3) is 2.39. The minimum Gasteiger partial charge on any atom is -0.497 e. The number of aromatic nitrogens is 3. The lowest BCUT2D eigenvalue weighted by molar-refractivity contribution is 0.415. The highest BCUT2D eigenvalue weighted by atomic mass is 16.5. The van der Waals surface area contributed by atoms with Gasteiger partial charge in [0.25, 0.3) is 0 Å². The lowest BCUT2D eigenvalue weighted by atomic mass is 10.2. The van der Waals surface area contributed by atoms with E-state index in [2.05, 4.69) is 23.6 Å². The van der Waals surface area contributed by atoms with Crippen LogP contribution in [0.25, 0.3) is 33.1 Å². The first-order valence-corrected chi connectivity index (χ1v) is 8.54. The molecule has 0 spiro atoms. The smallest absolute Gasteiger partial charge is 0.160 e. The van der Waals surface area contributed by atoms with E-state index in [-0.39, 0.29) is 0 Å². The first-order valence-electron chi connectivity index (χ1n) is 8.54. The van der Waals surface area contributed by atoms with E-state index >= 15 is 0 Å². The summed E-state index contributed by atoms with van der Waals surface area (Å²) in [7, 11) is 1.70. The van der Waals surface area contributed by atoms with Gasteiger partial charge in [-0.3, -0.25) is 0 Å². The first-order chi connectivity index (χ1) is 11.8. The van der Waals surface area contributed by atoms with Crippen LogP contribution in [0.1, 0.15) is 26.2 Å². The number of aryl methyl sites for hydroxylation is 1. The topological polar surface area (TPSA) is 39.9 Å². The molecule has 24 heavy (non-hydrogen) atoms. The Labute approximate surface area is 141 Å². The summed E-state index contributed by atoms with van der Waals surface area (Å²) >= 11 is 0. The third-order valence-electron chi connectivity index (χ3n) is 4.54. The number of ether oxygens (including phenoxy) is 1. The molecule has 0 unspecified atom stereocenters. The second-order valence-corrected chi connectivity index (χ2v) is 6.13. The Morgan fingerprint density at radius 2 is 1.79 bits per heavy atom. The van der Waals surface area contributed by atoms with Gasteiger partial charge in [0.05, 0.1) is 23.7 Å². The van der Waals surface area contributed by atoms with Crippen molar-refractivity contribution in [2.45, 2.75) is 32.7 Å². The van der Waals surface area contributed by atoms with E-state index in [4.69, 9.17) is 14.7 Å².